The summed E-state index contributed by atoms with van der Waals surface area (Å²) in [5.74, 6) is -1.08. The molecule has 0 spiro atoms. The van der Waals surface area contributed by atoms with Gasteiger partial charge in [0.1, 0.15) is 5.00 Å². The van der Waals surface area contributed by atoms with Gasteiger partial charge in [0.2, 0.25) is 10.0 Å². The number of nitrogens with one attached hydrogen (secondary N) is 1. The predicted molar refractivity (Wildman–Crippen MR) is 140 cm³/mol. The SMILES string of the molecule is C=CCN(CC=C)S(=O)(=O)c1ccc(C(=O)Nc2sc3c(c2C(=O)OCC)CCN(C(=O)OC)C3)cc1. The average Bonchev–Trinajstić information content (AvgIpc) is 3.25. The number of anilines is 1. The van der Waals surface area contributed by atoms with Gasteiger partial charge >= 0.3 is 12.1 Å². The first-order valence-electron chi connectivity index (χ1n) is 11.5. The fourth-order valence-electron chi connectivity index (χ4n) is 3.86. The Morgan fingerprint density at radius 2 is 1.81 bits per heavy atom. The number of nitrogens with zero attached hydrogens (tertiary/aromatic N) is 2. The molecule has 1 aromatic heterocycles. The van der Waals surface area contributed by atoms with Crippen LogP contribution in [0.1, 0.15) is 38.1 Å². The molecule has 0 saturated carbocycles. The molecule has 198 valence electrons. The highest BCUT2D eigenvalue weighted by Crippen LogP contribution is 2.38. The smallest absolute Gasteiger partial charge is 0.409 e. The van der Waals surface area contributed by atoms with Crippen LogP contribution in [0.15, 0.2) is 54.5 Å². The van der Waals surface area contributed by atoms with Crippen molar-refractivity contribution in [1.82, 2.24) is 9.21 Å². The third-order valence-electron chi connectivity index (χ3n) is 5.62. The molecule has 1 N–H and O–H groups in total. The number of amides is 2. The first kappa shape index (κ1) is 28.1. The van der Waals surface area contributed by atoms with Crippen LogP contribution in [0.25, 0.3) is 0 Å². The van der Waals surface area contributed by atoms with Crippen molar-refractivity contribution in [3.05, 3.63) is 71.1 Å². The summed E-state index contributed by atoms with van der Waals surface area (Å²) in [5, 5.41) is 3.07. The maximum Gasteiger partial charge on any atom is 0.409 e. The van der Waals surface area contributed by atoms with Crippen molar-refractivity contribution in [2.45, 2.75) is 24.8 Å². The minimum atomic E-state index is -3.81. The van der Waals surface area contributed by atoms with Crippen molar-refractivity contribution in [1.29, 1.82) is 0 Å². The van der Waals surface area contributed by atoms with E-state index < -0.39 is 28.0 Å². The van der Waals surface area contributed by atoms with E-state index in [-0.39, 0.29) is 42.3 Å². The Balaban J connectivity index is 1.87. The van der Waals surface area contributed by atoms with Crippen LogP contribution in [-0.2, 0) is 32.5 Å². The van der Waals surface area contributed by atoms with E-state index in [1.807, 2.05) is 0 Å². The number of fused-ring (bicyclic) bond motifs is 1. The fraction of sp³-hybridized carbons (Fsp3) is 0.320. The molecule has 0 fully saturated rings. The maximum atomic E-state index is 13.1. The Bertz CT molecular complexity index is 1290. The lowest BCUT2D eigenvalue weighted by atomic mass is 10.0. The van der Waals surface area contributed by atoms with Crippen LogP contribution in [0.2, 0.25) is 0 Å². The van der Waals surface area contributed by atoms with Crippen molar-refractivity contribution in [3.63, 3.8) is 0 Å². The highest BCUT2D eigenvalue weighted by Gasteiger charge is 2.31. The van der Waals surface area contributed by atoms with Gasteiger partial charge in [-0.1, -0.05) is 12.2 Å². The molecule has 0 aliphatic carbocycles. The third-order valence-corrected chi connectivity index (χ3v) is 8.59. The van der Waals surface area contributed by atoms with Crippen molar-refractivity contribution in [2.75, 3.05) is 38.7 Å². The van der Waals surface area contributed by atoms with Crippen molar-refractivity contribution >= 4 is 44.3 Å². The van der Waals surface area contributed by atoms with E-state index in [1.54, 1.807) is 6.92 Å². The Morgan fingerprint density at radius 3 is 2.38 bits per heavy atom. The van der Waals surface area contributed by atoms with Gasteiger partial charge in [0, 0.05) is 30.1 Å². The monoisotopic (exact) mass is 547 g/mol. The lowest BCUT2D eigenvalue weighted by Crippen LogP contribution is -2.35. The molecule has 0 bridgehead atoms. The maximum absolute atomic E-state index is 13.1. The highest BCUT2D eigenvalue weighted by atomic mass is 32.2. The van der Waals surface area contributed by atoms with Crippen LogP contribution in [0, 0.1) is 0 Å². The van der Waals surface area contributed by atoms with Crippen molar-refractivity contribution < 1.29 is 32.3 Å². The number of ether oxygens (including phenoxy) is 2. The third kappa shape index (κ3) is 6.09. The van der Waals surface area contributed by atoms with E-state index in [2.05, 4.69) is 18.5 Å². The molecule has 0 atom stereocenters. The first-order valence-corrected chi connectivity index (χ1v) is 13.7. The molecule has 1 aliphatic rings. The second kappa shape index (κ2) is 12.2. The van der Waals surface area contributed by atoms with E-state index in [0.29, 0.717) is 18.0 Å². The first-order chi connectivity index (χ1) is 17.7. The number of carbonyl (C=O) groups excluding carboxylic acids is 3. The Labute approximate surface area is 220 Å². The zero-order valence-corrected chi connectivity index (χ0v) is 22.3. The van der Waals surface area contributed by atoms with Crippen LogP contribution in [-0.4, -0.2) is 68.9 Å². The van der Waals surface area contributed by atoms with Gasteiger partial charge in [-0.05, 0) is 43.2 Å². The van der Waals surface area contributed by atoms with Crippen LogP contribution >= 0.6 is 11.3 Å². The second-order valence-corrected chi connectivity index (χ2v) is 11.0. The average molecular weight is 548 g/mol. The van der Waals surface area contributed by atoms with Gasteiger partial charge in [0.25, 0.3) is 5.91 Å². The van der Waals surface area contributed by atoms with Gasteiger partial charge in [0.05, 0.1) is 30.7 Å². The number of thiophene rings is 1. The van der Waals surface area contributed by atoms with E-state index >= 15 is 0 Å². The molecule has 0 radical (unpaired) electrons. The van der Waals surface area contributed by atoms with Gasteiger partial charge in [-0.15, -0.1) is 24.5 Å². The van der Waals surface area contributed by atoms with Crippen LogP contribution < -0.4 is 5.32 Å². The highest BCUT2D eigenvalue weighted by molar-refractivity contribution is 7.89. The molecule has 0 saturated heterocycles. The predicted octanol–water partition coefficient (Wildman–Crippen LogP) is 3.66. The largest absolute Gasteiger partial charge is 0.462 e. The molecule has 3 rings (SSSR count). The minimum Gasteiger partial charge on any atom is -0.462 e. The standard InChI is InChI=1S/C25H29N3O7S2/c1-5-13-28(14-6-2)37(32,33)18-10-8-17(9-11-18)22(29)26-23-21(24(30)35-7-3)19-12-15-27(25(31)34-4)16-20(19)36-23/h5-6,8-11H,1-2,7,12-16H2,3-4H3,(H,26,29). The van der Waals surface area contributed by atoms with E-state index in [0.717, 1.165) is 10.4 Å². The van der Waals surface area contributed by atoms with Crippen LogP contribution in [0.4, 0.5) is 9.80 Å². The summed E-state index contributed by atoms with van der Waals surface area (Å²) in [4.78, 5) is 40.1. The molecule has 2 aromatic rings. The fourth-order valence-corrected chi connectivity index (χ4v) is 6.49. The summed E-state index contributed by atoms with van der Waals surface area (Å²) in [6.07, 6.45) is 2.89. The zero-order valence-electron chi connectivity index (χ0n) is 20.7. The van der Waals surface area contributed by atoms with Gasteiger partial charge in [-0.2, -0.15) is 4.31 Å². The van der Waals surface area contributed by atoms with Crippen molar-refractivity contribution in [3.8, 4) is 0 Å². The topological polar surface area (TPSA) is 122 Å². The van der Waals surface area contributed by atoms with Gasteiger partial charge in [0.15, 0.2) is 0 Å². The summed E-state index contributed by atoms with van der Waals surface area (Å²) < 4.78 is 37.1. The molecule has 0 unspecified atom stereocenters. The summed E-state index contributed by atoms with van der Waals surface area (Å²) in [5.41, 5.74) is 1.20. The normalized spacial score (nSPS) is 13.0. The number of rotatable bonds is 10. The van der Waals surface area contributed by atoms with Gasteiger partial charge < -0.3 is 19.7 Å². The molecule has 1 aromatic carbocycles. The summed E-state index contributed by atoms with van der Waals surface area (Å²) in [6, 6.07) is 5.50. The number of hydrogen-bond donors (Lipinski definition) is 1. The van der Waals surface area contributed by atoms with Gasteiger partial charge in [-0.25, -0.2) is 18.0 Å². The van der Waals surface area contributed by atoms with Crippen LogP contribution in [0.3, 0.4) is 0 Å². The molecule has 10 nitrogen and oxygen atoms in total. The lowest BCUT2D eigenvalue weighted by molar-refractivity contribution is 0.0526. The summed E-state index contributed by atoms with van der Waals surface area (Å²) >= 11 is 1.19. The Morgan fingerprint density at radius 1 is 1.16 bits per heavy atom. The van der Waals surface area contributed by atoms with E-state index in [4.69, 9.17) is 9.47 Å². The summed E-state index contributed by atoms with van der Waals surface area (Å²) in [6.45, 7) is 9.86. The second-order valence-electron chi connectivity index (χ2n) is 7.95. The number of hydrogen-bond acceptors (Lipinski definition) is 8. The molecule has 2 heterocycles. The van der Waals surface area contributed by atoms with Gasteiger partial charge in [-0.3, -0.25) is 4.79 Å². The lowest BCUT2D eigenvalue weighted by Gasteiger charge is -2.25. The molecule has 1 aliphatic heterocycles. The number of carbonyl (C=O) groups is 3. The number of sulfonamides is 1. The molecule has 2 amide bonds. The van der Waals surface area contributed by atoms with Crippen molar-refractivity contribution in [2.24, 2.45) is 0 Å². The van der Waals surface area contributed by atoms with E-state index in [9.17, 15) is 22.8 Å². The molecular weight excluding hydrogens is 518 g/mol. The quantitative estimate of drug-likeness (QED) is 0.356. The summed E-state index contributed by atoms with van der Waals surface area (Å²) in [7, 11) is -2.51. The Hall–Kier alpha value is -3.48. The molecule has 12 heteroatoms. The minimum absolute atomic E-state index is 0.0226. The number of esters is 1. The number of methoxy groups -OCH3 is 1. The zero-order chi connectivity index (χ0) is 27.2. The number of benzene rings is 1. The molecule has 37 heavy (non-hydrogen) atoms. The van der Waals surface area contributed by atoms with Crippen LogP contribution in [0.5, 0.6) is 0 Å². The van der Waals surface area contributed by atoms with E-state index in [1.165, 1.54) is 64.1 Å². The Kier molecular flexibility index (Phi) is 9.24. The molecular formula is C25H29N3O7S2.